The summed E-state index contributed by atoms with van der Waals surface area (Å²) in [6.07, 6.45) is -3.58. The summed E-state index contributed by atoms with van der Waals surface area (Å²) in [6, 6.07) is 3.96. The molecule has 1 atom stereocenters. The Balaban J connectivity index is 1.80. The van der Waals surface area contributed by atoms with Gasteiger partial charge in [0.25, 0.3) is 0 Å². The average molecular weight is 583 g/mol. The lowest BCUT2D eigenvalue weighted by Gasteiger charge is -2.36. The molecule has 7 nitrogen and oxygen atoms in total. The van der Waals surface area contributed by atoms with E-state index in [2.05, 4.69) is 11.6 Å². The second kappa shape index (κ2) is 10.5. The van der Waals surface area contributed by atoms with Crippen LogP contribution in [0.1, 0.15) is 11.6 Å². The number of anilines is 1. The maximum atomic E-state index is 14.6. The lowest BCUT2D eigenvalue weighted by Crippen LogP contribution is -2.49. The van der Waals surface area contributed by atoms with Gasteiger partial charge in [-0.2, -0.15) is 18.2 Å². The molecule has 206 valence electrons. The molecule has 0 bridgehead atoms. The number of rotatable bonds is 5. The molecule has 1 fully saturated rings. The minimum atomic E-state index is -4.78. The highest BCUT2D eigenvalue weighted by molar-refractivity contribution is 7.99. The van der Waals surface area contributed by atoms with Gasteiger partial charge in [-0.3, -0.25) is 9.36 Å². The summed E-state index contributed by atoms with van der Waals surface area (Å²) in [5, 5.41) is -0.156. The average Bonchev–Trinajstić information content (AvgIpc) is 2.91. The largest absolute Gasteiger partial charge is 0.417 e. The summed E-state index contributed by atoms with van der Waals surface area (Å²) in [5.41, 5.74) is -1.36. The zero-order valence-electron chi connectivity index (χ0n) is 20.7. The fourth-order valence-corrected chi connectivity index (χ4v) is 6.58. The van der Waals surface area contributed by atoms with Crippen LogP contribution >= 0.6 is 23.4 Å². The third-order valence-corrected chi connectivity index (χ3v) is 8.40. The number of aromatic nitrogens is 2. The Bertz CT molecular complexity index is 1540. The molecule has 1 amide bonds. The second-order valence-electron chi connectivity index (χ2n) is 9.18. The Morgan fingerprint density at radius 3 is 2.59 bits per heavy atom. The van der Waals surface area contributed by atoms with Gasteiger partial charge in [-0.05, 0) is 29.8 Å². The number of piperazine rings is 1. The zero-order valence-corrected chi connectivity index (χ0v) is 22.3. The van der Waals surface area contributed by atoms with E-state index in [1.807, 2.05) is 0 Å². The molecule has 0 aliphatic carbocycles. The molecule has 3 heterocycles. The van der Waals surface area contributed by atoms with E-state index in [1.54, 1.807) is 9.80 Å². The number of halogens is 5. The highest BCUT2D eigenvalue weighted by atomic mass is 35.5. The number of alkyl halides is 3. The molecule has 5 rings (SSSR count). The number of hydrogen-bond acceptors (Lipinski definition) is 6. The van der Waals surface area contributed by atoms with Crippen LogP contribution in [0.15, 0.2) is 46.6 Å². The zero-order chi connectivity index (χ0) is 28.1. The number of nitrogens with zero attached hydrogens (tertiary/aromatic N) is 4. The minimum Gasteiger partial charge on any atom is -0.383 e. The molecule has 0 radical (unpaired) electrons. The van der Waals surface area contributed by atoms with E-state index >= 15 is 0 Å². The molecule has 2 aliphatic rings. The van der Waals surface area contributed by atoms with Gasteiger partial charge in [-0.1, -0.05) is 24.2 Å². The van der Waals surface area contributed by atoms with Crippen molar-refractivity contribution in [1.29, 1.82) is 0 Å². The van der Waals surface area contributed by atoms with Gasteiger partial charge in [0.15, 0.2) is 0 Å². The maximum absolute atomic E-state index is 14.6. The monoisotopic (exact) mass is 582 g/mol. The second-order valence-corrected chi connectivity index (χ2v) is 10.6. The smallest absolute Gasteiger partial charge is 0.383 e. The number of ether oxygens (including phenoxy) is 1. The number of carbonyl (C=O) groups is 1. The molecule has 39 heavy (non-hydrogen) atoms. The number of thioether (sulfide) groups is 1. The normalized spacial score (nSPS) is 17.5. The summed E-state index contributed by atoms with van der Waals surface area (Å²) >= 11 is 7.14. The quantitative estimate of drug-likeness (QED) is 0.312. The third-order valence-electron chi connectivity index (χ3n) is 6.87. The summed E-state index contributed by atoms with van der Waals surface area (Å²) in [5.74, 6) is -0.622. The van der Waals surface area contributed by atoms with Crippen LogP contribution in [0.25, 0.3) is 22.0 Å². The molecule has 13 heteroatoms. The maximum Gasteiger partial charge on any atom is 0.417 e. The fourth-order valence-electron chi connectivity index (χ4n) is 5.08. The first-order valence-electron chi connectivity index (χ1n) is 12.0. The topological polar surface area (TPSA) is 67.7 Å². The van der Waals surface area contributed by atoms with Crippen LogP contribution in [0.5, 0.6) is 0 Å². The number of benzene rings is 2. The minimum absolute atomic E-state index is 0.0808. The van der Waals surface area contributed by atoms with Crippen LogP contribution in [0.4, 0.5) is 23.4 Å². The molecule has 0 saturated carbocycles. The molecule has 1 unspecified atom stereocenters. The molecule has 0 spiro atoms. The highest BCUT2D eigenvalue weighted by Gasteiger charge is 2.39. The lowest BCUT2D eigenvalue weighted by atomic mass is 9.96. The van der Waals surface area contributed by atoms with Crippen LogP contribution in [-0.2, 0) is 15.7 Å². The van der Waals surface area contributed by atoms with Crippen molar-refractivity contribution >= 4 is 46.0 Å². The lowest BCUT2D eigenvalue weighted by molar-refractivity contribution is -0.137. The van der Waals surface area contributed by atoms with E-state index in [9.17, 15) is 27.2 Å². The molecular weight excluding hydrogens is 560 g/mol. The van der Waals surface area contributed by atoms with Crippen LogP contribution < -0.4 is 10.6 Å². The first-order chi connectivity index (χ1) is 18.5. The number of hydrogen-bond donors (Lipinski definition) is 0. The molecule has 2 aliphatic heterocycles. The van der Waals surface area contributed by atoms with Crippen LogP contribution in [0, 0.1) is 5.82 Å². The Hall–Kier alpha value is -3.09. The number of amides is 1. The Kier molecular flexibility index (Phi) is 7.38. The van der Waals surface area contributed by atoms with Crippen molar-refractivity contribution in [1.82, 2.24) is 14.5 Å². The van der Waals surface area contributed by atoms with Crippen molar-refractivity contribution in [3.8, 4) is 11.1 Å². The predicted molar refractivity (Wildman–Crippen MR) is 142 cm³/mol. The van der Waals surface area contributed by atoms with Crippen molar-refractivity contribution in [2.75, 3.05) is 50.5 Å². The molecule has 2 aromatic carbocycles. The van der Waals surface area contributed by atoms with Gasteiger partial charge in [0.2, 0.25) is 5.91 Å². The van der Waals surface area contributed by atoms with Gasteiger partial charge >= 0.3 is 11.9 Å². The van der Waals surface area contributed by atoms with E-state index in [-0.39, 0.29) is 63.6 Å². The van der Waals surface area contributed by atoms with Gasteiger partial charge in [-0.15, -0.1) is 11.8 Å². The van der Waals surface area contributed by atoms with Crippen molar-refractivity contribution in [2.45, 2.75) is 17.1 Å². The van der Waals surface area contributed by atoms with E-state index in [1.165, 1.54) is 35.6 Å². The third kappa shape index (κ3) is 4.89. The predicted octanol–water partition coefficient (Wildman–Crippen LogP) is 5.00. The summed E-state index contributed by atoms with van der Waals surface area (Å²) in [7, 11) is 1.48. The van der Waals surface area contributed by atoms with Crippen molar-refractivity contribution in [3.05, 3.63) is 63.8 Å². The standard InChI is InChI=1S/C26H23ClF4N4O3S/c1-3-20(36)33-6-8-34(9-7-33)24-16-11-17(26(29,30)31)21(14-4-5-19(28)18(27)10-14)23-22(16)35(25(37)32-24)15(12-38-2)13-39-23/h3-5,10-11,15H,1,6-9,12-13H2,2H3. The summed E-state index contributed by atoms with van der Waals surface area (Å²) in [4.78, 5) is 33.2. The van der Waals surface area contributed by atoms with Gasteiger partial charge in [0, 0.05) is 54.9 Å². The molecule has 3 aromatic rings. The molecule has 1 aromatic heterocycles. The van der Waals surface area contributed by atoms with Gasteiger partial charge in [0.05, 0.1) is 28.8 Å². The Labute approximate surface area is 230 Å². The van der Waals surface area contributed by atoms with E-state index < -0.39 is 29.3 Å². The number of carbonyl (C=O) groups excluding carboxylic acids is 1. The Morgan fingerprint density at radius 1 is 1.26 bits per heavy atom. The van der Waals surface area contributed by atoms with Crippen LogP contribution in [0.3, 0.4) is 0 Å². The molecular formula is C26H23ClF4N4O3S. The molecule has 1 saturated heterocycles. The van der Waals surface area contributed by atoms with E-state index in [0.717, 1.165) is 18.2 Å². The first-order valence-corrected chi connectivity index (χ1v) is 13.4. The first kappa shape index (κ1) is 27.5. The van der Waals surface area contributed by atoms with Crippen molar-refractivity contribution in [2.24, 2.45) is 0 Å². The van der Waals surface area contributed by atoms with Crippen molar-refractivity contribution in [3.63, 3.8) is 0 Å². The fraction of sp³-hybridized carbons (Fsp3) is 0.346. The van der Waals surface area contributed by atoms with Crippen LogP contribution in [-0.4, -0.2) is 66.0 Å². The van der Waals surface area contributed by atoms with E-state index in [4.69, 9.17) is 16.3 Å². The summed E-state index contributed by atoms with van der Waals surface area (Å²) < 4.78 is 64.5. The highest BCUT2D eigenvalue weighted by Crippen LogP contribution is 2.50. The van der Waals surface area contributed by atoms with Crippen LogP contribution in [0.2, 0.25) is 5.02 Å². The number of methoxy groups -OCH3 is 1. The van der Waals surface area contributed by atoms with Gasteiger partial charge in [0.1, 0.15) is 11.6 Å². The summed E-state index contributed by atoms with van der Waals surface area (Å²) in [6.45, 7) is 4.78. The van der Waals surface area contributed by atoms with Gasteiger partial charge < -0.3 is 14.5 Å². The SMILES string of the molecule is C=CC(=O)N1CCN(c2nc(=O)n3c4c(c(-c5ccc(F)c(Cl)c5)c(C(F)(F)F)cc24)SCC3COC)CC1. The van der Waals surface area contributed by atoms with Crippen molar-refractivity contribution < 1.29 is 27.1 Å². The Morgan fingerprint density at radius 2 is 1.97 bits per heavy atom. The molecule has 0 N–H and O–H groups in total. The van der Waals surface area contributed by atoms with Gasteiger partial charge in [-0.25, -0.2) is 9.18 Å². The van der Waals surface area contributed by atoms with E-state index in [0.29, 0.717) is 18.6 Å².